The summed E-state index contributed by atoms with van der Waals surface area (Å²) in [5.74, 6) is 0.819. The first-order chi connectivity index (χ1) is 8.17. The SMILES string of the molecule is C=CC(=O)Oc1ccc(OC)c(OC)c1OC. The minimum atomic E-state index is -0.574. The molecule has 5 heteroatoms. The number of carbonyl (C=O) groups is 1. The zero-order valence-electron chi connectivity index (χ0n) is 9.98. The van der Waals surface area contributed by atoms with E-state index in [9.17, 15) is 4.79 Å². The molecule has 0 radical (unpaired) electrons. The van der Waals surface area contributed by atoms with Crippen LogP contribution in [0.3, 0.4) is 0 Å². The molecule has 0 saturated heterocycles. The Labute approximate surface area is 99.5 Å². The Bertz CT molecular complexity index is 425. The third kappa shape index (κ3) is 2.69. The predicted octanol–water partition coefficient (Wildman–Crippen LogP) is 1.80. The third-order valence-electron chi connectivity index (χ3n) is 2.05. The highest BCUT2D eigenvalue weighted by Crippen LogP contribution is 2.43. The molecule has 0 aromatic heterocycles. The van der Waals surface area contributed by atoms with E-state index in [1.807, 2.05) is 0 Å². The molecule has 5 nitrogen and oxygen atoms in total. The monoisotopic (exact) mass is 238 g/mol. The molecule has 1 aromatic rings. The van der Waals surface area contributed by atoms with Gasteiger partial charge < -0.3 is 18.9 Å². The Kier molecular flexibility index (Phi) is 4.39. The van der Waals surface area contributed by atoms with Gasteiger partial charge in [-0.3, -0.25) is 0 Å². The molecule has 1 rings (SSSR count). The molecule has 0 heterocycles. The Hall–Kier alpha value is -2.17. The number of methoxy groups -OCH3 is 3. The van der Waals surface area contributed by atoms with Gasteiger partial charge >= 0.3 is 5.97 Å². The lowest BCUT2D eigenvalue weighted by Gasteiger charge is -2.14. The topological polar surface area (TPSA) is 54.0 Å². The molecule has 0 fully saturated rings. The fourth-order valence-corrected chi connectivity index (χ4v) is 1.30. The van der Waals surface area contributed by atoms with E-state index < -0.39 is 5.97 Å². The molecule has 0 aliphatic heterocycles. The zero-order chi connectivity index (χ0) is 12.8. The highest BCUT2D eigenvalue weighted by Gasteiger charge is 2.18. The van der Waals surface area contributed by atoms with Crippen LogP contribution in [0.2, 0.25) is 0 Å². The van der Waals surface area contributed by atoms with Gasteiger partial charge in [0.15, 0.2) is 11.5 Å². The van der Waals surface area contributed by atoms with Crippen molar-refractivity contribution in [1.82, 2.24) is 0 Å². The van der Waals surface area contributed by atoms with E-state index in [1.165, 1.54) is 21.3 Å². The second-order valence-corrected chi connectivity index (χ2v) is 2.96. The summed E-state index contributed by atoms with van der Waals surface area (Å²) < 4.78 is 20.4. The van der Waals surface area contributed by atoms with E-state index in [1.54, 1.807) is 12.1 Å². The van der Waals surface area contributed by atoms with Gasteiger partial charge in [-0.05, 0) is 12.1 Å². The van der Waals surface area contributed by atoms with E-state index in [4.69, 9.17) is 18.9 Å². The van der Waals surface area contributed by atoms with Gasteiger partial charge in [0.25, 0.3) is 0 Å². The maximum atomic E-state index is 11.1. The Morgan fingerprint density at radius 2 is 1.59 bits per heavy atom. The molecule has 0 aliphatic carbocycles. The lowest BCUT2D eigenvalue weighted by Crippen LogP contribution is -2.05. The summed E-state index contributed by atoms with van der Waals surface area (Å²) in [7, 11) is 4.43. The first-order valence-electron chi connectivity index (χ1n) is 4.81. The third-order valence-corrected chi connectivity index (χ3v) is 2.05. The van der Waals surface area contributed by atoms with Crippen LogP contribution in [-0.2, 0) is 4.79 Å². The van der Waals surface area contributed by atoms with Crippen LogP contribution in [0.15, 0.2) is 24.8 Å². The van der Waals surface area contributed by atoms with Gasteiger partial charge in [0.2, 0.25) is 11.5 Å². The number of hydrogen-bond acceptors (Lipinski definition) is 5. The number of ether oxygens (including phenoxy) is 4. The van der Waals surface area contributed by atoms with Crippen LogP contribution in [0.5, 0.6) is 23.0 Å². The van der Waals surface area contributed by atoms with Crippen molar-refractivity contribution >= 4 is 5.97 Å². The van der Waals surface area contributed by atoms with Crippen LogP contribution < -0.4 is 18.9 Å². The number of carbonyl (C=O) groups excluding carboxylic acids is 1. The molecule has 17 heavy (non-hydrogen) atoms. The smallest absolute Gasteiger partial charge is 0.335 e. The predicted molar refractivity (Wildman–Crippen MR) is 61.9 cm³/mol. The molecule has 0 unspecified atom stereocenters. The normalized spacial score (nSPS) is 9.35. The number of esters is 1. The molecular formula is C12H14O5. The van der Waals surface area contributed by atoms with E-state index in [2.05, 4.69) is 6.58 Å². The summed E-state index contributed by atoms with van der Waals surface area (Å²) in [6.45, 7) is 3.32. The minimum absolute atomic E-state index is 0.245. The van der Waals surface area contributed by atoms with Gasteiger partial charge in [-0.1, -0.05) is 6.58 Å². The molecule has 1 aromatic carbocycles. The molecule has 0 aliphatic rings. The molecule has 0 amide bonds. The van der Waals surface area contributed by atoms with Crippen LogP contribution in [0, 0.1) is 0 Å². The highest BCUT2D eigenvalue weighted by atomic mass is 16.6. The fraction of sp³-hybridized carbons (Fsp3) is 0.250. The molecule has 0 atom stereocenters. The number of hydrogen-bond donors (Lipinski definition) is 0. The van der Waals surface area contributed by atoms with Crippen LogP contribution in [0.1, 0.15) is 0 Å². The van der Waals surface area contributed by atoms with Crippen molar-refractivity contribution in [1.29, 1.82) is 0 Å². The van der Waals surface area contributed by atoms with Crippen molar-refractivity contribution in [3.05, 3.63) is 24.8 Å². The summed E-state index contributed by atoms with van der Waals surface area (Å²) in [5, 5.41) is 0. The van der Waals surface area contributed by atoms with Gasteiger partial charge in [-0.25, -0.2) is 4.79 Å². The number of rotatable bonds is 5. The van der Waals surface area contributed by atoms with Gasteiger partial charge in [-0.15, -0.1) is 0 Å². The molecule has 92 valence electrons. The van der Waals surface area contributed by atoms with Gasteiger partial charge in [0, 0.05) is 6.08 Å². The molecule has 0 bridgehead atoms. The zero-order valence-corrected chi connectivity index (χ0v) is 9.98. The van der Waals surface area contributed by atoms with Crippen molar-refractivity contribution in [3.63, 3.8) is 0 Å². The number of benzene rings is 1. The van der Waals surface area contributed by atoms with Crippen molar-refractivity contribution in [2.75, 3.05) is 21.3 Å². The average molecular weight is 238 g/mol. The molecular weight excluding hydrogens is 224 g/mol. The molecule has 0 spiro atoms. The fourth-order valence-electron chi connectivity index (χ4n) is 1.30. The summed E-state index contributed by atoms with van der Waals surface area (Å²) in [6.07, 6.45) is 1.07. The molecule has 0 saturated carbocycles. The Morgan fingerprint density at radius 1 is 1.06 bits per heavy atom. The maximum absolute atomic E-state index is 11.1. The summed E-state index contributed by atoms with van der Waals surface area (Å²) in [4.78, 5) is 11.1. The van der Waals surface area contributed by atoms with Crippen molar-refractivity contribution in [3.8, 4) is 23.0 Å². The van der Waals surface area contributed by atoms with Crippen LogP contribution >= 0.6 is 0 Å². The first kappa shape index (κ1) is 12.9. The van der Waals surface area contributed by atoms with Gasteiger partial charge in [-0.2, -0.15) is 0 Å². The van der Waals surface area contributed by atoms with Crippen LogP contribution in [-0.4, -0.2) is 27.3 Å². The minimum Gasteiger partial charge on any atom is -0.493 e. The van der Waals surface area contributed by atoms with Crippen molar-refractivity contribution in [2.45, 2.75) is 0 Å². The van der Waals surface area contributed by atoms with Gasteiger partial charge in [0.05, 0.1) is 21.3 Å². The van der Waals surface area contributed by atoms with E-state index >= 15 is 0 Å². The summed E-state index contributed by atoms with van der Waals surface area (Å²) >= 11 is 0. The van der Waals surface area contributed by atoms with Crippen molar-refractivity contribution < 1.29 is 23.7 Å². The average Bonchev–Trinajstić information content (AvgIpc) is 2.37. The second-order valence-electron chi connectivity index (χ2n) is 2.96. The van der Waals surface area contributed by atoms with E-state index in [0.717, 1.165) is 6.08 Å². The van der Waals surface area contributed by atoms with Crippen LogP contribution in [0.4, 0.5) is 0 Å². The quantitative estimate of drug-likeness (QED) is 0.445. The maximum Gasteiger partial charge on any atom is 0.335 e. The van der Waals surface area contributed by atoms with Crippen molar-refractivity contribution in [2.24, 2.45) is 0 Å². The Balaban J connectivity index is 3.22. The lowest BCUT2D eigenvalue weighted by molar-refractivity contribution is -0.129. The highest BCUT2D eigenvalue weighted by molar-refractivity contribution is 5.84. The second kappa shape index (κ2) is 5.79. The largest absolute Gasteiger partial charge is 0.493 e. The van der Waals surface area contributed by atoms with Crippen LogP contribution in [0.25, 0.3) is 0 Å². The summed E-state index contributed by atoms with van der Waals surface area (Å²) in [5.41, 5.74) is 0. The standard InChI is InChI=1S/C12H14O5/c1-5-10(13)17-9-7-6-8(14-2)11(15-3)12(9)16-4/h5-7H,1H2,2-4H3. The summed E-state index contributed by atoms with van der Waals surface area (Å²) in [6, 6.07) is 3.18. The molecule has 0 N–H and O–H groups in total. The van der Waals surface area contributed by atoms with Gasteiger partial charge in [0.1, 0.15) is 0 Å². The first-order valence-corrected chi connectivity index (χ1v) is 4.81. The van der Waals surface area contributed by atoms with E-state index in [0.29, 0.717) is 17.2 Å². The lowest BCUT2D eigenvalue weighted by atomic mass is 10.2. The Morgan fingerprint density at radius 3 is 2.06 bits per heavy atom. The van der Waals surface area contributed by atoms with E-state index in [-0.39, 0.29) is 5.75 Å².